The number of allylic oxidation sites excluding steroid dienone is 1. The number of nitrogens with two attached hydrogens (primary N) is 1. The van der Waals surface area contributed by atoms with Crippen molar-refractivity contribution in [3.8, 4) is 23.3 Å². The summed E-state index contributed by atoms with van der Waals surface area (Å²) in [5.74, 6) is 0.970. The lowest BCUT2D eigenvalue weighted by Gasteiger charge is -2.27. The van der Waals surface area contributed by atoms with E-state index in [9.17, 15) is 10.4 Å². The number of aromatic hydroxyl groups is 1. The average molecular weight is 701 g/mol. The first-order chi connectivity index (χ1) is 14.9. The molecule has 0 aromatic heterocycles. The van der Waals surface area contributed by atoms with Crippen LogP contribution in [-0.2, 0) is 6.61 Å². The number of phenolic OH excluding ortho intramolecular Hbond substituents is 1. The Morgan fingerprint density at radius 1 is 1.10 bits per heavy atom. The fourth-order valence-electron chi connectivity index (χ4n) is 3.41. The van der Waals surface area contributed by atoms with E-state index >= 15 is 0 Å². The Kier molecular flexibility index (Phi) is 6.64. The van der Waals surface area contributed by atoms with Gasteiger partial charge >= 0.3 is 0 Å². The lowest BCUT2D eigenvalue weighted by Crippen LogP contribution is -2.21. The fourth-order valence-corrected chi connectivity index (χ4v) is 5.80. The number of nitrogens with zero attached hydrogens (tertiary/aromatic N) is 1. The Bertz CT molecular complexity index is 1210. The second kappa shape index (κ2) is 9.26. The Morgan fingerprint density at radius 3 is 2.42 bits per heavy atom. The number of ether oxygens (including phenoxy) is 2. The van der Waals surface area contributed by atoms with Crippen molar-refractivity contribution >= 4 is 61.1 Å². The fraction of sp³-hybridized carbons (Fsp3) is 0.0870. The zero-order valence-corrected chi connectivity index (χ0v) is 21.8. The highest BCUT2D eigenvalue weighted by atomic mass is 127. The van der Waals surface area contributed by atoms with Crippen molar-refractivity contribution < 1.29 is 14.6 Å². The summed E-state index contributed by atoms with van der Waals surface area (Å²) in [6, 6.07) is 19.0. The van der Waals surface area contributed by atoms with Crippen LogP contribution in [0.3, 0.4) is 0 Å². The highest BCUT2D eigenvalue weighted by molar-refractivity contribution is 14.1. The molecule has 0 radical (unpaired) electrons. The van der Waals surface area contributed by atoms with Gasteiger partial charge in [0.25, 0.3) is 0 Å². The molecule has 4 rings (SSSR count). The third kappa shape index (κ3) is 4.63. The lowest BCUT2D eigenvalue weighted by molar-refractivity contribution is 0.301. The minimum absolute atomic E-state index is 0.0474. The van der Waals surface area contributed by atoms with Crippen molar-refractivity contribution in [2.45, 2.75) is 12.5 Å². The maximum absolute atomic E-state index is 9.82. The normalized spacial score (nSPS) is 15.1. The summed E-state index contributed by atoms with van der Waals surface area (Å²) in [5, 5.41) is 19.6. The summed E-state index contributed by atoms with van der Waals surface area (Å²) < 4.78 is 14.6. The highest BCUT2D eigenvalue weighted by Crippen LogP contribution is 2.45. The Hall–Kier alpha value is -1.97. The first kappa shape index (κ1) is 22.2. The highest BCUT2D eigenvalue weighted by Gasteiger charge is 2.31. The maximum Gasteiger partial charge on any atom is 0.205 e. The summed E-state index contributed by atoms with van der Waals surface area (Å²) in [6.07, 6.45) is 0. The molecule has 0 saturated carbocycles. The summed E-state index contributed by atoms with van der Waals surface area (Å²) in [5.41, 5.74) is 9.12. The first-order valence-electron chi connectivity index (χ1n) is 9.14. The van der Waals surface area contributed by atoms with Crippen LogP contribution in [0, 0.1) is 18.5 Å². The largest absolute Gasteiger partial charge is 0.508 e. The predicted molar refractivity (Wildman–Crippen MR) is 138 cm³/mol. The molecule has 0 unspecified atom stereocenters. The van der Waals surface area contributed by atoms with E-state index in [-0.39, 0.29) is 11.6 Å². The SMILES string of the molecule is N#CC1=C(N)Oc2cc(O)ccc2[C@H]1c1cc(I)c(OCc2ccc(Br)cc2)c(I)c1. The van der Waals surface area contributed by atoms with E-state index in [1.165, 1.54) is 6.07 Å². The van der Waals surface area contributed by atoms with Crippen LogP contribution in [0.5, 0.6) is 17.2 Å². The number of nitriles is 1. The number of halogens is 3. The van der Waals surface area contributed by atoms with Crippen LogP contribution in [0.4, 0.5) is 0 Å². The average Bonchev–Trinajstić information content (AvgIpc) is 2.73. The second-order valence-corrected chi connectivity index (χ2v) is 10.1. The molecule has 0 saturated heterocycles. The van der Waals surface area contributed by atoms with Gasteiger partial charge in [0, 0.05) is 16.1 Å². The number of benzene rings is 3. The van der Waals surface area contributed by atoms with Gasteiger partial charge in [0.15, 0.2) is 0 Å². The molecule has 31 heavy (non-hydrogen) atoms. The molecule has 0 aliphatic carbocycles. The molecular formula is C23H15BrI2N2O3. The molecule has 8 heteroatoms. The molecule has 0 spiro atoms. The van der Waals surface area contributed by atoms with Gasteiger partial charge in [-0.25, -0.2) is 0 Å². The van der Waals surface area contributed by atoms with Crippen LogP contribution >= 0.6 is 61.1 Å². The van der Waals surface area contributed by atoms with Crippen LogP contribution in [0.1, 0.15) is 22.6 Å². The van der Waals surface area contributed by atoms with Gasteiger partial charge in [-0.15, -0.1) is 0 Å². The van der Waals surface area contributed by atoms with Gasteiger partial charge in [-0.2, -0.15) is 5.26 Å². The van der Waals surface area contributed by atoms with Crippen molar-refractivity contribution in [2.24, 2.45) is 5.73 Å². The zero-order chi connectivity index (χ0) is 22.1. The molecule has 0 bridgehead atoms. The van der Waals surface area contributed by atoms with Gasteiger partial charge in [-0.1, -0.05) is 34.1 Å². The monoisotopic (exact) mass is 700 g/mol. The van der Waals surface area contributed by atoms with E-state index in [0.717, 1.165) is 34.1 Å². The molecule has 1 heterocycles. The van der Waals surface area contributed by atoms with Crippen LogP contribution in [0.2, 0.25) is 0 Å². The molecule has 3 aromatic carbocycles. The molecular weight excluding hydrogens is 686 g/mol. The van der Waals surface area contributed by atoms with Crippen LogP contribution in [0.25, 0.3) is 0 Å². The second-order valence-electron chi connectivity index (χ2n) is 6.88. The molecule has 1 aliphatic rings. The van der Waals surface area contributed by atoms with E-state index in [1.54, 1.807) is 12.1 Å². The first-order valence-corrected chi connectivity index (χ1v) is 12.1. The summed E-state index contributed by atoms with van der Waals surface area (Å²) in [6.45, 7) is 0.453. The summed E-state index contributed by atoms with van der Waals surface area (Å²) >= 11 is 7.93. The van der Waals surface area contributed by atoms with E-state index in [1.807, 2.05) is 36.4 Å². The number of phenols is 1. The van der Waals surface area contributed by atoms with Gasteiger partial charge < -0.3 is 20.3 Å². The molecule has 0 amide bonds. The van der Waals surface area contributed by atoms with Gasteiger partial charge in [0.05, 0.1) is 13.1 Å². The van der Waals surface area contributed by atoms with Crippen molar-refractivity contribution in [2.75, 3.05) is 0 Å². The van der Waals surface area contributed by atoms with Crippen molar-refractivity contribution in [1.29, 1.82) is 5.26 Å². The van der Waals surface area contributed by atoms with Crippen LogP contribution in [0.15, 0.2) is 70.5 Å². The van der Waals surface area contributed by atoms with E-state index in [4.69, 9.17) is 15.2 Å². The number of rotatable bonds is 4. The van der Waals surface area contributed by atoms with Crippen molar-refractivity contribution in [3.63, 3.8) is 0 Å². The Morgan fingerprint density at radius 2 is 1.77 bits per heavy atom. The Labute approximate surface area is 215 Å². The van der Waals surface area contributed by atoms with Crippen molar-refractivity contribution in [1.82, 2.24) is 0 Å². The van der Waals surface area contributed by atoms with Crippen LogP contribution < -0.4 is 15.2 Å². The molecule has 1 atom stereocenters. The van der Waals surface area contributed by atoms with E-state index in [2.05, 4.69) is 67.2 Å². The summed E-state index contributed by atoms with van der Waals surface area (Å²) in [7, 11) is 0. The predicted octanol–water partition coefficient (Wildman–Crippen LogP) is 6.16. The minimum atomic E-state index is -0.392. The lowest BCUT2D eigenvalue weighted by atomic mass is 9.83. The topological polar surface area (TPSA) is 88.5 Å². The molecule has 3 N–H and O–H groups in total. The molecule has 0 fully saturated rings. The standard InChI is InChI=1S/C23H15BrI2N2O3/c24-14-3-1-12(2-4-14)11-30-22-18(25)7-13(8-19(22)26)21-16-6-5-15(29)9-20(16)31-23(28)17(21)10-27/h1-9,21,29H,11,28H2/t21-/m1/s1. The quantitative estimate of drug-likeness (QED) is 0.319. The Balaban J connectivity index is 1.70. The van der Waals surface area contributed by atoms with E-state index < -0.39 is 5.92 Å². The smallest absolute Gasteiger partial charge is 0.205 e. The molecule has 1 aliphatic heterocycles. The van der Waals surface area contributed by atoms with Gasteiger partial charge in [-0.05, 0) is 86.6 Å². The molecule has 5 nitrogen and oxygen atoms in total. The van der Waals surface area contributed by atoms with E-state index in [0.29, 0.717) is 17.9 Å². The minimum Gasteiger partial charge on any atom is -0.508 e. The zero-order valence-electron chi connectivity index (χ0n) is 15.9. The van der Waals surface area contributed by atoms with Crippen LogP contribution in [-0.4, -0.2) is 5.11 Å². The summed E-state index contributed by atoms with van der Waals surface area (Å²) in [4.78, 5) is 0. The number of hydrogen-bond acceptors (Lipinski definition) is 5. The molecule has 156 valence electrons. The third-order valence-electron chi connectivity index (χ3n) is 4.85. The van der Waals surface area contributed by atoms with Gasteiger partial charge in [0.2, 0.25) is 5.88 Å². The van der Waals surface area contributed by atoms with Crippen molar-refractivity contribution in [3.05, 3.63) is 94.4 Å². The number of hydrogen-bond donors (Lipinski definition) is 2. The van der Waals surface area contributed by atoms with Gasteiger partial charge in [0.1, 0.15) is 35.5 Å². The number of fused-ring (bicyclic) bond motifs is 1. The third-order valence-corrected chi connectivity index (χ3v) is 6.98. The molecule has 3 aromatic rings. The maximum atomic E-state index is 9.82. The van der Waals surface area contributed by atoms with Gasteiger partial charge in [-0.3, -0.25) is 0 Å².